The van der Waals surface area contributed by atoms with Gasteiger partial charge in [-0.2, -0.15) is 4.90 Å². The van der Waals surface area contributed by atoms with E-state index < -0.39 is 35.0 Å². The van der Waals surface area contributed by atoms with E-state index in [4.69, 9.17) is 0 Å². The number of hydrogen-bond donors (Lipinski definition) is 1. The maximum Gasteiger partial charge on any atom is 0.338 e. The van der Waals surface area contributed by atoms with Gasteiger partial charge >= 0.3 is 6.03 Å². The summed E-state index contributed by atoms with van der Waals surface area (Å²) in [4.78, 5) is 50.5. The average molecular weight is 348 g/mol. The first-order valence-electron chi connectivity index (χ1n) is 8.22. The molecule has 1 aromatic rings. The highest BCUT2D eigenvalue weighted by molar-refractivity contribution is 6.27. The number of nitrogens with zero attached hydrogens (tertiary/aromatic N) is 1. The van der Waals surface area contributed by atoms with Crippen molar-refractivity contribution < 1.29 is 23.6 Å². The molecule has 1 unspecified atom stereocenters. The first kappa shape index (κ1) is 18.8. The van der Waals surface area contributed by atoms with Crippen LogP contribution in [0, 0.1) is 17.2 Å². The Morgan fingerprint density at radius 1 is 1.20 bits per heavy atom. The van der Waals surface area contributed by atoms with E-state index in [1.165, 1.54) is 12.1 Å². The zero-order valence-electron chi connectivity index (χ0n) is 14.5. The van der Waals surface area contributed by atoms with E-state index in [-0.39, 0.29) is 24.3 Å². The first-order valence-corrected chi connectivity index (χ1v) is 8.22. The summed E-state index contributed by atoms with van der Waals surface area (Å²) in [6.07, 6.45) is 1.01. The molecule has 7 heteroatoms. The van der Waals surface area contributed by atoms with Crippen LogP contribution >= 0.6 is 0 Å². The third-order valence-corrected chi connectivity index (χ3v) is 4.52. The number of hydrogen-bond acceptors (Lipinski definition) is 4. The molecule has 1 saturated heterocycles. The molecule has 25 heavy (non-hydrogen) atoms. The SMILES string of the molecule is CCC1(CCC(C)C)C(=O)NC(=O)N(C(=O)c2ccc(F)cc2)C1=O. The predicted octanol–water partition coefficient (Wildman–Crippen LogP) is 2.88. The minimum atomic E-state index is -1.45. The Labute approximate surface area is 145 Å². The molecule has 1 N–H and O–H groups in total. The molecule has 0 aliphatic carbocycles. The van der Waals surface area contributed by atoms with Crippen molar-refractivity contribution in [2.24, 2.45) is 11.3 Å². The van der Waals surface area contributed by atoms with E-state index in [9.17, 15) is 23.6 Å². The number of nitrogens with one attached hydrogen (secondary N) is 1. The molecular weight excluding hydrogens is 327 g/mol. The van der Waals surface area contributed by atoms with Crippen LogP contribution in [0.5, 0.6) is 0 Å². The third-order valence-electron chi connectivity index (χ3n) is 4.52. The smallest absolute Gasteiger partial charge is 0.276 e. The third kappa shape index (κ3) is 3.45. The highest BCUT2D eigenvalue weighted by atomic mass is 19.1. The molecule has 1 heterocycles. The molecular formula is C18H21FN2O4. The van der Waals surface area contributed by atoms with Gasteiger partial charge in [-0.25, -0.2) is 9.18 Å². The van der Waals surface area contributed by atoms with Gasteiger partial charge in [-0.05, 0) is 49.4 Å². The van der Waals surface area contributed by atoms with Crippen molar-refractivity contribution in [2.45, 2.75) is 40.0 Å². The molecule has 1 atom stereocenters. The van der Waals surface area contributed by atoms with E-state index in [0.29, 0.717) is 11.3 Å². The van der Waals surface area contributed by atoms with Crippen molar-refractivity contribution in [1.82, 2.24) is 10.2 Å². The van der Waals surface area contributed by atoms with Crippen LogP contribution in [0.2, 0.25) is 0 Å². The maximum atomic E-state index is 13.0. The minimum Gasteiger partial charge on any atom is -0.276 e. The lowest BCUT2D eigenvalue weighted by molar-refractivity contribution is -0.150. The number of carbonyl (C=O) groups excluding carboxylic acids is 4. The van der Waals surface area contributed by atoms with Crippen molar-refractivity contribution in [3.8, 4) is 0 Å². The Bertz CT molecular complexity index is 714. The fourth-order valence-corrected chi connectivity index (χ4v) is 2.83. The van der Waals surface area contributed by atoms with E-state index in [0.717, 1.165) is 12.1 Å². The van der Waals surface area contributed by atoms with Crippen LogP contribution in [-0.2, 0) is 9.59 Å². The van der Waals surface area contributed by atoms with Crippen LogP contribution in [0.4, 0.5) is 9.18 Å². The van der Waals surface area contributed by atoms with Crippen molar-refractivity contribution in [1.29, 1.82) is 0 Å². The van der Waals surface area contributed by atoms with Crippen LogP contribution in [0.25, 0.3) is 0 Å². The Morgan fingerprint density at radius 3 is 2.32 bits per heavy atom. The molecule has 5 amide bonds. The monoisotopic (exact) mass is 348 g/mol. The summed E-state index contributed by atoms with van der Waals surface area (Å²) in [5, 5.41) is 2.12. The number of carbonyl (C=O) groups is 4. The van der Waals surface area contributed by atoms with E-state index >= 15 is 0 Å². The Balaban J connectivity index is 2.38. The van der Waals surface area contributed by atoms with Crippen molar-refractivity contribution >= 4 is 23.8 Å². The molecule has 0 saturated carbocycles. The first-order chi connectivity index (χ1) is 11.7. The number of benzene rings is 1. The summed E-state index contributed by atoms with van der Waals surface area (Å²) < 4.78 is 13.0. The zero-order chi connectivity index (χ0) is 18.8. The van der Waals surface area contributed by atoms with Crippen molar-refractivity contribution in [2.75, 3.05) is 0 Å². The quantitative estimate of drug-likeness (QED) is 0.655. The van der Waals surface area contributed by atoms with Gasteiger partial charge in [0.05, 0.1) is 0 Å². The van der Waals surface area contributed by atoms with Gasteiger partial charge in [0.2, 0.25) is 5.91 Å². The van der Waals surface area contributed by atoms with E-state index in [2.05, 4.69) is 5.32 Å². The fraction of sp³-hybridized carbons (Fsp3) is 0.444. The highest BCUT2D eigenvalue weighted by Crippen LogP contribution is 2.35. The maximum absolute atomic E-state index is 13.0. The predicted molar refractivity (Wildman–Crippen MR) is 87.9 cm³/mol. The Hall–Kier alpha value is -2.57. The van der Waals surface area contributed by atoms with Gasteiger partial charge in [-0.3, -0.25) is 19.7 Å². The number of amides is 5. The summed E-state index contributed by atoms with van der Waals surface area (Å²) >= 11 is 0. The van der Waals surface area contributed by atoms with Crippen LogP contribution < -0.4 is 5.32 Å². The number of urea groups is 1. The second kappa shape index (κ2) is 7.13. The molecule has 1 fully saturated rings. The summed E-state index contributed by atoms with van der Waals surface area (Å²) in [6, 6.07) is 3.44. The molecule has 0 spiro atoms. The lowest BCUT2D eigenvalue weighted by atomic mass is 9.75. The molecule has 1 aromatic carbocycles. The largest absolute Gasteiger partial charge is 0.338 e. The molecule has 2 rings (SSSR count). The van der Waals surface area contributed by atoms with E-state index in [1.807, 2.05) is 13.8 Å². The Kier molecular flexibility index (Phi) is 5.35. The summed E-state index contributed by atoms with van der Waals surface area (Å²) in [7, 11) is 0. The van der Waals surface area contributed by atoms with Gasteiger partial charge in [0, 0.05) is 5.56 Å². The van der Waals surface area contributed by atoms with Crippen LogP contribution in [0.3, 0.4) is 0 Å². The van der Waals surface area contributed by atoms with Gasteiger partial charge < -0.3 is 0 Å². The average Bonchev–Trinajstić information content (AvgIpc) is 2.55. The summed E-state index contributed by atoms with van der Waals surface area (Å²) in [5.74, 6) is -2.66. The highest BCUT2D eigenvalue weighted by Gasteiger charge is 2.54. The van der Waals surface area contributed by atoms with Crippen molar-refractivity contribution in [3.05, 3.63) is 35.6 Å². The lowest BCUT2D eigenvalue weighted by Gasteiger charge is -2.38. The van der Waals surface area contributed by atoms with Gasteiger partial charge in [0.25, 0.3) is 11.8 Å². The molecule has 6 nitrogen and oxygen atoms in total. The molecule has 1 aliphatic rings. The molecule has 1 aliphatic heterocycles. The Morgan fingerprint density at radius 2 is 1.80 bits per heavy atom. The number of barbiturate groups is 1. The molecule has 0 radical (unpaired) electrons. The summed E-state index contributed by atoms with van der Waals surface area (Å²) in [5.41, 5.74) is -1.46. The second-order valence-electron chi connectivity index (χ2n) is 6.58. The topological polar surface area (TPSA) is 83.6 Å². The molecule has 0 bridgehead atoms. The lowest BCUT2D eigenvalue weighted by Crippen LogP contribution is -2.65. The fourth-order valence-electron chi connectivity index (χ4n) is 2.83. The number of imide groups is 4. The molecule has 0 aromatic heterocycles. The standard InChI is InChI=1S/C18H21FN2O4/c1-4-18(10-9-11(2)3)15(23)20-17(25)21(16(18)24)14(22)12-5-7-13(19)8-6-12/h5-8,11H,4,9-10H2,1-3H3,(H,20,23,25). The van der Waals surface area contributed by atoms with Crippen LogP contribution in [0.1, 0.15) is 50.4 Å². The minimum absolute atomic E-state index is 0.00638. The van der Waals surface area contributed by atoms with Crippen LogP contribution in [-0.4, -0.2) is 28.7 Å². The summed E-state index contributed by atoms with van der Waals surface area (Å²) in [6.45, 7) is 5.59. The molecule has 134 valence electrons. The zero-order valence-corrected chi connectivity index (χ0v) is 14.5. The normalized spacial score (nSPS) is 20.8. The van der Waals surface area contributed by atoms with Gasteiger partial charge in [0.1, 0.15) is 11.2 Å². The van der Waals surface area contributed by atoms with Gasteiger partial charge in [-0.15, -0.1) is 0 Å². The second-order valence-corrected chi connectivity index (χ2v) is 6.58. The van der Waals surface area contributed by atoms with E-state index in [1.54, 1.807) is 6.92 Å². The number of halogens is 1. The van der Waals surface area contributed by atoms with Gasteiger partial charge in [-0.1, -0.05) is 20.8 Å². The van der Waals surface area contributed by atoms with Crippen LogP contribution in [0.15, 0.2) is 24.3 Å². The number of rotatable bonds is 5. The van der Waals surface area contributed by atoms with Crippen molar-refractivity contribution in [3.63, 3.8) is 0 Å². The van der Waals surface area contributed by atoms with Gasteiger partial charge in [0.15, 0.2) is 0 Å².